The summed E-state index contributed by atoms with van der Waals surface area (Å²) in [6.07, 6.45) is 3.61. The lowest BCUT2D eigenvalue weighted by Crippen LogP contribution is -2.39. The van der Waals surface area contributed by atoms with Crippen LogP contribution in [0.2, 0.25) is 0 Å². The Morgan fingerprint density at radius 2 is 2.10 bits per heavy atom. The van der Waals surface area contributed by atoms with Gasteiger partial charge in [-0.15, -0.1) is 0 Å². The largest absolute Gasteiger partial charge is 0.490 e. The molecule has 110 valence electrons. The Labute approximate surface area is 129 Å². The summed E-state index contributed by atoms with van der Waals surface area (Å²) in [4.78, 5) is 0. The second-order valence-corrected chi connectivity index (χ2v) is 6.55. The molecule has 0 spiro atoms. The third-order valence-electron chi connectivity index (χ3n) is 4.34. The highest BCUT2D eigenvalue weighted by molar-refractivity contribution is 9.10. The first-order valence-corrected chi connectivity index (χ1v) is 8.34. The fraction of sp³-hybridized carbons (Fsp3) is 0.625. The summed E-state index contributed by atoms with van der Waals surface area (Å²) in [5.41, 5.74) is 1.28. The van der Waals surface area contributed by atoms with E-state index in [-0.39, 0.29) is 0 Å². The molecule has 1 N–H and O–H groups in total. The third-order valence-corrected chi connectivity index (χ3v) is 4.83. The molecular formula is C16H22BrNO2. The maximum Gasteiger partial charge on any atom is 0.124 e. The lowest BCUT2D eigenvalue weighted by Gasteiger charge is -2.38. The molecule has 2 heterocycles. The Hall–Kier alpha value is -0.580. The van der Waals surface area contributed by atoms with Crippen LogP contribution in [0.15, 0.2) is 22.7 Å². The minimum absolute atomic E-state index is 0.316. The van der Waals surface area contributed by atoms with Gasteiger partial charge in [0.05, 0.1) is 0 Å². The van der Waals surface area contributed by atoms with Gasteiger partial charge >= 0.3 is 0 Å². The van der Waals surface area contributed by atoms with Gasteiger partial charge in [0, 0.05) is 41.6 Å². The van der Waals surface area contributed by atoms with Crippen LogP contribution in [-0.2, 0) is 4.74 Å². The maximum absolute atomic E-state index is 6.29. The zero-order chi connectivity index (χ0) is 13.9. The van der Waals surface area contributed by atoms with Crippen molar-refractivity contribution in [3.05, 3.63) is 28.2 Å². The normalized spacial score (nSPS) is 26.9. The van der Waals surface area contributed by atoms with Crippen molar-refractivity contribution >= 4 is 15.9 Å². The van der Waals surface area contributed by atoms with E-state index in [1.54, 1.807) is 0 Å². The second-order valence-electron chi connectivity index (χ2n) is 5.63. The van der Waals surface area contributed by atoms with E-state index in [4.69, 9.17) is 9.47 Å². The van der Waals surface area contributed by atoms with Crippen LogP contribution in [0.4, 0.5) is 0 Å². The number of hydrogen-bond acceptors (Lipinski definition) is 3. The van der Waals surface area contributed by atoms with Crippen LogP contribution in [0, 0.1) is 5.92 Å². The van der Waals surface area contributed by atoms with E-state index in [0.29, 0.717) is 18.1 Å². The monoisotopic (exact) mass is 339 g/mol. The van der Waals surface area contributed by atoms with Crippen molar-refractivity contribution in [1.82, 2.24) is 5.32 Å². The lowest BCUT2D eigenvalue weighted by atomic mass is 9.86. The van der Waals surface area contributed by atoms with Crippen LogP contribution in [0.3, 0.4) is 0 Å². The predicted molar refractivity (Wildman–Crippen MR) is 83.1 cm³/mol. The molecule has 20 heavy (non-hydrogen) atoms. The molecule has 0 radical (unpaired) electrons. The highest BCUT2D eigenvalue weighted by atomic mass is 79.9. The zero-order valence-corrected chi connectivity index (χ0v) is 13.5. The van der Waals surface area contributed by atoms with Crippen LogP contribution in [0.5, 0.6) is 5.75 Å². The summed E-state index contributed by atoms with van der Waals surface area (Å²) in [7, 11) is 0. The summed E-state index contributed by atoms with van der Waals surface area (Å²) in [6, 6.07) is 6.74. The van der Waals surface area contributed by atoms with E-state index >= 15 is 0 Å². The first-order valence-electron chi connectivity index (χ1n) is 7.55. The molecule has 4 heteroatoms. The first kappa shape index (κ1) is 14.4. The van der Waals surface area contributed by atoms with Crippen molar-refractivity contribution < 1.29 is 9.47 Å². The molecule has 2 unspecified atom stereocenters. The Morgan fingerprint density at radius 3 is 2.85 bits per heavy atom. The molecule has 0 aliphatic carbocycles. The minimum Gasteiger partial charge on any atom is -0.490 e. The molecule has 3 rings (SSSR count). The molecule has 2 aliphatic rings. The zero-order valence-electron chi connectivity index (χ0n) is 11.9. The van der Waals surface area contributed by atoms with Gasteiger partial charge in [0.1, 0.15) is 11.9 Å². The molecule has 1 aromatic carbocycles. The van der Waals surface area contributed by atoms with Gasteiger partial charge in [-0.05, 0) is 37.6 Å². The summed E-state index contributed by atoms with van der Waals surface area (Å²) in [5, 5.41) is 3.60. The Kier molecular flexibility index (Phi) is 4.64. The van der Waals surface area contributed by atoms with Crippen molar-refractivity contribution in [3.8, 4) is 5.75 Å². The van der Waals surface area contributed by atoms with Gasteiger partial charge in [0.15, 0.2) is 0 Å². The van der Waals surface area contributed by atoms with E-state index in [2.05, 4.69) is 46.4 Å². The number of nitrogens with one attached hydrogen (secondary N) is 1. The molecule has 1 aromatic rings. The second kappa shape index (κ2) is 6.46. The average molecular weight is 340 g/mol. The van der Waals surface area contributed by atoms with Crippen molar-refractivity contribution in [2.24, 2.45) is 5.92 Å². The number of halogens is 1. The average Bonchev–Trinajstić information content (AvgIpc) is 2.49. The highest BCUT2D eigenvalue weighted by Gasteiger charge is 2.33. The summed E-state index contributed by atoms with van der Waals surface area (Å²) < 4.78 is 12.9. The van der Waals surface area contributed by atoms with Gasteiger partial charge in [-0.3, -0.25) is 0 Å². The summed E-state index contributed by atoms with van der Waals surface area (Å²) in [5.74, 6) is 1.67. The molecule has 0 aromatic heterocycles. The number of hydrogen-bond donors (Lipinski definition) is 1. The number of benzene rings is 1. The van der Waals surface area contributed by atoms with Crippen LogP contribution in [-0.4, -0.2) is 25.9 Å². The van der Waals surface area contributed by atoms with Gasteiger partial charge in [-0.25, -0.2) is 0 Å². The number of ether oxygens (including phenoxy) is 2. The minimum atomic E-state index is 0.316. The fourth-order valence-corrected chi connectivity index (χ4v) is 3.66. The summed E-state index contributed by atoms with van der Waals surface area (Å²) >= 11 is 3.56. The van der Waals surface area contributed by atoms with Gasteiger partial charge in [-0.2, -0.15) is 0 Å². The van der Waals surface area contributed by atoms with Gasteiger partial charge in [-0.1, -0.05) is 22.9 Å². The van der Waals surface area contributed by atoms with E-state index in [9.17, 15) is 0 Å². The Bertz CT molecular complexity index is 460. The molecule has 1 fully saturated rings. The van der Waals surface area contributed by atoms with Crippen molar-refractivity contribution in [2.45, 2.75) is 38.3 Å². The highest BCUT2D eigenvalue weighted by Crippen LogP contribution is 2.40. The molecule has 2 atom stereocenters. The lowest BCUT2D eigenvalue weighted by molar-refractivity contribution is 0.00537. The maximum atomic E-state index is 6.29. The quantitative estimate of drug-likeness (QED) is 0.911. The van der Waals surface area contributed by atoms with Crippen molar-refractivity contribution in [3.63, 3.8) is 0 Å². The molecule has 1 saturated heterocycles. The topological polar surface area (TPSA) is 30.5 Å². The molecule has 3 nitrogen and oxygen atoms in total. The van der Waals surface area contributed by atoms with E-state index in [1.165, 1.54) is 5.56 Å². The Morgan fingerprint density at radius 1 is 1.30 bits per heavy atom. The third kappa shape index (κ3) is 3.02. The SMILES string of the molecule is CCNC1CC(C2CCOCC2)Oc2ccc(Br)cc21. The van der Waals surface area contributed by atoms with Crippen molar-refractivity contribution in [1.29, 1.82) is 0 Å². The summed E-state index contributed by atoms with van der Waals surface area (Å²) in [6.45, 7) is 4.90. The number of rotatable bonds is 3. The van der Waals surface area contributed by atoms with Crippen LogP contribution in [0.25, 0.3) is 0 Å². The molecule has 2 aliphatic heterocycles. The van der Waals surface area contributed by atoms with Crippen molar-refractivity contribution in [2.75, 3.05) is 19.8 Å². The Balaban J connectivity index is 1.82. The van der Waals surface area contributed by atoms with E-state index in [0.717, 1.165) is 49.2 Å². The van der Waals surface area contributed by atoms with Crippen LogP contribution < -0.4 is 10.1 Å². The molecular weight excluding hydrogens is 318 g/mol. The molecule has 0 saturated carbocycles. The predicted octanol–water partition coefficient (Wildman–Crippen LogP) is 3.68. The van der Waals surface area contributed by atoms with Gasteiger partial charge in [0.25, 0.3) is 0 Å². The smallest absolute Gasteiger partial charge is 0.124 e. The van der Waals surface area contributed by atoms with Gasteiger partial charge < -0.3 is 14.8 Å². The van der Waals surface area contributed by atoms with E-state index < -0.39 is 0 Å². The van der Waals surface area contributed by atoms with E-state index in [1.807, 2.05) is 0 Å². The van der Waals surface area contributed by atoms with Crippen LogP contribution in [0.1, 0.15) is 37.8 Å². The molecule has 0 bridgehead atoms. The molecule has 0 amide bonds. The first-order chi connectivity index (χ1) is 9.78. The fourth-order valence-electron chi connectivity index (χ4n) is 3.29. The standard InChI is InChI=1S/C16H22BrNO2/c1-2-18-14-10-16(11-5-7-19-8-6-11)20-15-4-3-12(17)9-13(14)15/h3-4,9,11,14,16,18H,2,5-8,10H2,1H3. The van der Waals surface area contributed by atoms with Gasteiger partial charge in [0.2, 0.25) is 0 Å². The number of fused-ring (bicyclic) bond motifs is 1. The van der Waals surface area contributed by atoms with Crippen LogP contribution >= 0.6 is 15.9 Å².